The van der Waals surface area contributed by atoms with Gasteiger partial charge in [0.05, 0.1) is 0 Å². The molecule has 1 heterocycles. The van der Waals surface area contributed by atoms with E-state index in [4.69, 9.17) is 0 Å². The maximum absolute atomic E-state index is 4.03. The summed E-state index contributed by atoms with van der Waals surface area (Å²) in [6, 6.07) is 0. The normalized spacial score (nSPS) is 19.1. The molecule has 0 atom stereocenters. The van der Waals surface area contributed by atoms with Gasteiger partial charge in [0.1, 0.15) is 0 Å². The van der Waals surface area contributed by atoms with Crippen LogP contribution in [0.25, 0.3) is 0 Å². The van der Waals surface area contributed by atoms with Gasteiger partial charge in [-0.05, 0) is 38.3 Å². The molecule has 0 spiro atoms. The second-order valence-corrected chi connectivity index (χ2v) is 3.65. The summed E-state index contributed by atoms with van der Waals surface area (Å²) in [4.78, 5) is 0. The van der Waals surface area contributed by atoms with Gasteiger partial charge < -0.3 is 5.32 Å². The van der Waals surface area contributed by atoms with Crippen LogP contribution in [0.1, 0.15) is 19.3 Å². The van der Waals surface area contributed by atoms with Crippen LogP contribution in [0.5, 0.6) is 0 Å². The Kier molecular flexibility index (Phi) is 4.55. The summed E-state index contributed by atoms with van der Waals surface area (Å²) in [7, 11) is 0. The average molecular weight is 177 g/mol. The maximum atomic E-state index is 4.03. The Balaban J connectivity index is 2.25. The molecule has 13 heavy (non-hydrogen) atoms. The molecule has 1 aliphatic rings. The fourth-order valence-corrected chi connectivity index (χ4v) is 1.73. The van der Waals surface area contributed by atoms with E-state index in [1.807, 2.05) is 6.08 Å². The number of rotatable bonds is 4. The molecule has 0 aromatic rings. The van der Waals surface area contributed by atoms with Crippen molar-refractivity contribution in [3.05, 3.63) is 37.0 Å². The summed E-state index contributed by atoms with van der Waals surface area (Å²) in [6.45, 7) is 10.0. The highest BCUT2D eigenvalue weighted by atomic mass is 14.9. The lowest BCUT2D eigenvalue weighted by molar-refractivity contribution is 0.374. The molecule has 0 aromatic heterocycles. The van der Waals surface area contributed by atoms with Crippen molar-refractivity contribution in [2.75, 3.05) is 13.1 Å². The van der Waals surface area contributed by atoms with Crippen LogP contribution in [-0.2, 0) is 0 Å². The zero-order valence-corrected chi connectivity index (χ0v) is 8.26. The van der Waals surface area contributed by atoms with E-state index in [-0.39, 0.29) is 0 Å². The van der Waals surface area contributed by atoms with Crippen LogP contribution in [0, 0.1) is 5.92 Å². The smallest absolute Gasteiger partial charge is 0.00462 e. The van der Waals surface area contributed by atoms with E-state index < -0.39 is 0 Å². The second kappa shape index (κ2) is 5.76. The third kappa shape index (κ3) is 4.09. The summed E-state index contributed by atoms with van der Waals surface area (Å²) < 4.78 is 0. The van der Waals surface area contributed by atoms with Gasteiger partial charge in [-0.15, -0.1) is 0 Å². The first-order valence-electron chi connectivity index (χ1n) is 5.00. The first-order chi connectivity index (χ1) is 6.33. The lowest BCUT2D eigenvalue weighted by atomic mass is 9.91. The number of piperidine rings is 1. The fourth-order valence-electron chi connectivity index (χ4n) is 1.73. The fraction of sp³-hybridized carbons (Fsp3) is 0.500. The molecule has 1 fully saturated rings. The van der Waals surface area contributed by atoms with E-state index in [1.54, 1.807) is 6.08 Å². The highest BCUT2D eigenvalue weighted by molar-refractivity contribution is 5.18. The highest BCUT2D eigenvalue weighted by Crippen LogP contribution is 2.20. The van der Waals surface area contributed by atoms with E-state index in [9.17, 15) is 0 Å². The SMILES string of the molecule is C=C/C=C\C(=C)CC1CCNCC1. The van der Waals surface area contributed by atoms with Crippen molar-refractivity contribution in [1.82, 2.24) is 5.32 Å². The Morgan fingerprint density at radius 1 is 1.38 bits per heavy atom. The predicted octanol–water partition coefficient (Wildman–Crippen LogP) is 2.67. The molecule has 0 amide bonds. The van der Waals surface area contributed by atoms with Gasteiger partial charge in [0.15, 0.2) is 0 Å². The van der Waals surface area contributed by atoms with Crippen LogP contribution in [0.15, 0.2) is 37.0 Å². The molecule has 1 aliphatic heterocycles. The van der Waals surface area contributed by atoms with Gasteiger partial charge in [-0.3, -0.25) is 0 Å². The molecule has 1 nitrogen and oxygen atoms in total. The quantitative estimate of drug-likeness (QED) is 0.651. The Morgan fingerprint density at radius 3 is 2.69 bits per heavy atom. The highest BCUT2D eigenvalue weighted by Gasteiger charge is 2.12. The number of hydrogen-bond acceptors (Lipinski definition) is 1. The Labute approximate surface area is 81.2 Å². The molecule has 0 aliphatic carbocycles. The molecule has 1 heteroatoms. The molecule has 0 unspecified atom stereocenters. The largest absolute Gasteiger partial charge is 0.317 e. The van der Waals surface area contributed by atoms with Crippen molar-refractivity contribution in [2.45, 2.75) is 19.3 Å². The van der Waals surface area contributed by atoms with Crippen LogP contribution in [0.4, 0.5) is 0 Å². The summed E-state index contributed by atoms with van der Waals surface area (Å²) in [5.41, 5.74) is 1.23. The van der Waals surface area contributed by atoms with Crippen molar-refractivity contribution in [3.8, 4) is 0 Å². The van der Waals surface area contributed by atoms with Gasteiger partial charge in [-0.25, -0.2) is 0 Å². The predicted molar refractivity (Wildman–Crippen MR) is 58.7 cm³/mol. The van der Waals surface area contributed by atoms with Crippen LogP contribution in [0.2, 0.25) is 0 Å². The van der Waals surface area contributed by atoms with E-state index in [1.165, 1.54) is 31.5 Å². The van der Waals surface area contributed by atoms with Crippen molar-refractivity contribution in [2.24, 2.45) is 5.92 Å². The zero-order valence-electron chi connectivity index (χ0n) is 8.26. The molecule has 1 rings (SSSR count). The molecule has 72 valence electrons. The molecular weight excluding hydrogens is 158 g/mol. The first-order valence-corrected chi connectivity index (χ1v) is 5.00. The maximum Gasteiger partial charge on any atom is -0.00462 e. The Morgan fingerprint density at radius 2 is 2.08 bits per heavy atom. The number of allylic oxidation sites excluding steroid dienone is 4. The molecule has 1 saturated heterocycles. The summed E-state index contributed by atoms with van der Waals surface area (Å²) >= 11 is 0. The van der Waals surface area contributed by atoms with Crippen molar-refractivity contribution >= 4 is 0 Å². The van der Waals surface area contributed by atoms with Crippen LogP contribution in [-0.4, -0.2) is 13.1 Å². The van der Waals surface area contributed by atoms with Gasteiger partial charge in [0.2, 0.25) is 0 Å². The van der Waals surface area contributed by atoms with Gasteiger partial charge >= 0.3 is 0 Å². The van der Waals surface area contributed by atoms with E-state index in [0.717, 1.165) is 12.3 Å². The third-order valence-corrected chi connectivity index (χ3v) is 2.48. The van der Waals surface area contributed by atoms with Gasteiger partial charge in [0, 0.05) is 0 Å². The topological polar surface area (TPSA) is 12.0 Å². The molecule has 0 aromatic carbocycles. The monoisotopic (exact) mass is 177 g/mol. The molecule has 0 saturated carbocycles. The minimum atomic E-state index is 0.836. The summed E-state index contributed by atoms with van der Waals surface area (Å²) in [5.74, 6) is 0.836. The van der Waals surface area contributed by atoms with Gasteiger partial charge in [-0.1, -0.05) is 37.0 Å². The van der Waals surface area contributed by atoms with Crippen molar-refractivity contribution in [1.29, 1.82) is 0 Å². The van der Waals surface area contributed by atoms with E-state index in [0.29, 0.717) is 0 Å². The zero-order chi connectivity index (χ0) is 9.52. The van der Waals surface area contributed by atoms with E-state index >= 15 is 0 Å². The Hall–Kier alpha value is -0.820. The molecule has 0 radical (unpaired) electrons. The summed E-state index contributed by atoms with van der Waals surface area (Å²) in [6.07, 6.45) is 9.56. The number of hydrogen-bond donors (Lipinski definition) is 1. The second-order valence-electron chi connectivity index (χ2n) is 3.65. The van der Waals surface area contributed by atoms with Crippen LogP contribution < -0.4 is 5.32 Å². The number of nitrogens with one attached hydrogen (secondary N) is 1. The first kappa shape index (κ1) is 10.3. The third-order valence-electron chi connectivity index (χ3n) is 2.48. The van der Waals surface area contributed by atoms with Gasteiger partial charge in [-0.2, -0.15) is 0 Å². The van der Waals surface area contributed by atoms with E-state index in [2.05, 4.69) is 24.6 Å². The summed E-state index contributed by atoms with van der Waals surface area (Å²) in [5, 5.41) is 3.37. The minimum Gasteiger partial charge on any atom is -0.317 e. The van der Waals surface area contributed by atoms with Gasteiger partial charge in [0.25, 0.3) is 0 Å². The van der Waals surface area contributed by atoms with Crippen molar-refractivity contribution in [3.63, 3.8) is 0 Å². The Bertz CT molecular complexity index is 197. The van der Waals surface area contributed by atoms with Crippen LogP contribution >= 0.6 is 0 Å². The van der Waals surface area contributed by atoms with Crippen molar-refractivity contribution < 1.29 is 0 Å². The lowest BCUT2D eigenvalue weighted by Gasteiger charge is -2.22. The standard InChI is InChI=1S/C12H19N/c1-3-4-5-11(2)10-12-6-8-13-9-7-12/h3-5,12-13H,1-2,6-10H2/b5-4-. The molecule has 0 bridgehead atoms. The average Bonchev–Trinajstić information content (AvgIpc) is 2.16. The molecular formula is C12H19N. The minimum absolute atomic E-state index is 0.836. The lowest BCUT2D eigenvalue weighted by Crippen LogP contribution is -2.27. The van der Waals surface area contributed by atoms with Crippen LogP contribution in [0.3, 0.4) is 0 Å². The molecule has 1 N–H and O–H groups in total.